The molecule has 7 nitrogen and oxygen atoms in total. The summed E-state index contributed by atoms with van der Waals surface area (Å²) in [5, 5.41) is 4.04. The summed E-state index contributed by atoms with van der Waals surface area (Å²) in [5.74, 6) is 0.0740. The van der Waals surface area contributed by atoms with Crippen LogP contribution in [0.15, 0.2) is 47.6 Å². The monoisotopic (exact) mass is 355 g/mol. The molecule has 1 N–H and O–H groups in total. The van der Waals surface area contributed by atoms with Crippen LogP contribution >= 0.6 is 0 Å². The van der Waals surface area contributed by atoms with Gasteiger partial charge in [0, 0.05) is 12.3 Å². The summed E-state index contributed by atoms with van der Waals surface area (Å²) in [4.78, 5) is 7.51. The van der Waals surface area contributed by atoms with Gasteiger partial charge in [-0.15, -0.1) is 0 Å². The molecule has 0 aliphatic carbocycles. The van der Waals surface area contributed by atoms with Crippen molar-refractivity contribution in [3.63, 3.8) is 0 Å². The van der Waals surface area contributed by atoms with Crippen LogP contribution in [0.4, 0.5) is 11.5 Å². The maximum absolute atomic E-state index is 12.7. The van der Waals surface area contributed by atoms with Gasteiger partial charge in [0.05, 0.1) is 17.7 Å². The number of anilines is 1. The normalized spacial score (nSPS) is 12.1. The molecule has 8 heteroatoms. The Balaban J connectivity index is 2.03. The predicted molar refractivity (Wildman–Crippen MR) is 95.2 cm³/mol. The Bertz CT molecular complexity index is 1070. The van der Waals surface area contributed by atoms with Crippen LogP contribution in [0.2, 0.25) is 0 Å². The van der Waals surface area contributed by atoms with E-state index < -0.39 is 10.0 Å². The van der Waals surface area contributed by atoms with Crippen LogP contribution in [-0.2, 0) is 15.4 Å². The van der Waals surface area contributed by atoms with Crippen molar-refractivity contribution in [3.05, 3.63) is 59.7 Å². The number of aromatic nitrogens is 3. The first-order valence-electron chi connectivity index (χ1n) is 7.56. The fourth-order valence-corrected chi connectivity index (χ4v) is 3.42. The van der Waals surface area contributed by atoms with Gasteiger partial charge in [0.15, 0.2) is 11.5 Å². The summed E-state index contributed by atoms with van der Waals surface area (Å²) in [6, 6.07) is 8.33. The number of hydrogen-bond acceptors (Lipinski definition) is 4. The van der Waals surface area contributed by atoms with Crippen LogP contribution in [0.1, 0.15) is 26.3 Å². The van der Waals surface area contributed by atoms with E-state index in [4.69, 9.17) is 6.57 Å². The van der Waals surface area contributed by atoms with E-state index in [1.54, 1.807) is 30.3 Å². The molecule has 3 aromatic rings. The first-order chi connectivity index (χ1) is 11.7. The van der Waals surface area contributed by atoms with Crippen molar-refractivity contribution >= 4 is 27.2 Å². The van der Waals surface area contributed by atoms with Crippen LogP contribution in [0, 0.1) is 6.57 Å². The third kappa shape index (κ3) is 3.19. The Morgan fingerprint density at radius 1 is 1.16 bits per heavy atom. The van der Waals surface area contributed by atoms with E-state index in [0.717, 1.165) is 5.56 Å². The van der Waals surface area contributed by atoms with Crippen molar-refractivity contribution in [2.24, 2.45) is 0 Å². The fraction of sp³-hybridized carbons (Fsp3) is 0.235. The Morgan fingerprint density at radius 3 is 2.44 bits per heavy atom. The minimum atomic E-state index is -3.86. The van der Waals surface area contributed by atoms with Crippen LogP contribution in [-0.4, -0.2) is 23.0 Å². The lowest BCUT2D eigenvalue weighted by Gasteiger charge is -2.19. The average molecular weight is 355 g/mol. The molecule has 0 saturated heterocycles. The quantitative estimate of drug-likeness (QED) is 0.730. The molecule has 0 amide bonds. The van der Waals surface area contributed by atoms with Gasteiger partial charge in [-0.1, -0.05) is 32.9 Å². The molecule has 2 aromatic heterocycles. The number of nitrogens with one attached hydrogen (secondary N) is 1. The molecule has 0 radical (unpaired) electrons. The fourth-order valence-electron chi connectivity index (χ4n) is 2.36. The molecule has 0 unspecified atom stereocenters. The Kier molecular flexibility index (Phi) is 3.97. The molecule has 0 aliphatic rings. The van der Waals surface area contributed by atoms with Gasteiger partial charge in [-0.3, -0.25) is 4.72 Å². The third-order valence-corrected chi connectivity index (χ3v) is 5.13. The van der Waals surface area contributed by atoms with E-state index in [1.165, 1.54) is 16.9 Å². The van der Waals surface area contributed by atoms with E-state index >= 15 is 0 Å². The summed E-state index contributed by atoms with van der Waals surface area (Å²) in [6.07, 6.45) is 2.82. The van der Waals surface area contributed by atoms with Crippen molar-refractivity contribution < 1.29 is 8.42 Å². The summed E-state index contributed by atoms with van der Waals surface area (Å²) >= 11 is 0. The maximum Gasteiger partial charge on any atom is 0.262 e. The lowest BCUT2D eigenvalue weighted by atomic mass is 9.87. The Morgan fingerprint density at radius 2 is 1.84 bits per heavy atom. The molecule has 0 bridgehead atoms. The number of fused-ring (bicyclic) bond motifs is 1. The smallest absolute Gasteiger partial charge is 0.262 e. The molecule has 0 atom stereocenters. The van der Waals surface area contributed by atoms with E-state index in [9.17, 15) is 8.42 Å². The highest BCUT2D eigenvalue weighted by molar-refractivity contribution is 7.92. The molecule has 0 saturated carbocycles. The highest BCUT2D eigenvalue weighted by Crippen LogP contribution is 2.28. The molecule has 1 aromatic carbocycles. The second kappa shape index (κ2) is 5.86. The minimum absolute atomic E-state index is 0.0701. The van der Waals surface area contributed by atoms with Gasteiger partial charge in [0.1, 0.15) is 0 Å². The molecular weight excluding hydrogens is 338 g/mol. The second-order valence-electron chi connectivity index (χ2n) is 6.58. The first kappa shape index (κ1) is 16.9. The molecule has 2 heterocycles. The highest BCUT2D eigenvalue weighted by Gasteiger charge is 2.21. The molecule has 0 spiro atoms. The zero-order valence-corrected chi connectivity index (χ0v) is 14.9. The van der Waals surface area contributed by atoms with E-state index in [2.05, 4.69) is 40.4 Å². The largest absolute Gasteiger partial charge is 0.272 e. The number of rotatable bonds is 3. The molecular formula is C17H17N5O2S. The summed E-state index contributed by atoms with van der Waals surface area (Å²) in [5.41, 5.74) is 1.49. The molecule has 0 aliphatic heterocycles. The van der Waals surface area contributed by atoms with Crippen molar-refractivity contribution in [2.75, 3.05) is 4.72 Å². The van der Waals surface area contributed by atoms with Crippen molar-refractivity contribution in [2.45, 2.75) is 31.1 Å². The van der Waals surface area contributed by atoms with Crippen LogP contribution in [0.25, 0.3) is 10.5 Å². The van der Waals surface area contributed by atoms with Crippen LogP contribution in [0.5, 0.6) is 0 Å². The molecule has 3 rings (SSSR count). The second-order valence-corrected chi connectivity index (χ2v) is 8.27. The average Bonchev–Trinajstić information content (AvgIpc) is 3.03. The summed E-state index contributed by atoms with van der Waals surface area (Å²) in [7, 11) is -3.86. The van der Waals surface area contributed by atoms with Gasteiger partial charge < -0.3 is 0 Å². The first-order valence-corrected chi connectivity index (χ1v) is 9.04. The Hall–Kier alpha value is -2.92. The zero-order valence-electron chi connectivity index (χ0n) is 14.1. The van der Waals surface area contributed by atoms with Crippen molar-refractivity contribution in [3.8, 4) is 0 Å². The third-order valence-electron chi connectivity index (χ3n) is 3.78. The zero-order chi connectivity index (χ0) is 18.2. The van der Waals surface area contributed by atoms with Gasteiger partial charge in [-0.25, -0.2) is 22.8 Å². The van der Waals surface area contributed by atoms with E-state index in [-0.39, 0.29) is 21.8 Å². The number of hydrogen-bond donors (Lipinski definition) is 1. The maximum atomic E-state index is 12.7. The summed E-state index contributed by atoms with van der Waals surface area (Å²) in [6.45, 7) is 13.4. The minimum Gasteiger partial charge on any atom is -0.272 e. The van der Waals surface area contributed by atoms with Gasteiger partial charge in [-0.05, 0) is 23.1 Å². The van der Waals surface area contributed by atoms with Gasteiger partial charge in [0.25, 0.3) is 10.0 Å². The van der Waals surface area contributed by atoms with Crippen LogP contribution in [0.3, 0.4) is 0 Å². The number of benzene rings is 1. The van der Waals surface area contributed by atoms with E-state index in [0.29, 0.717) is 5.65 Å². The van der Waals surface area contributed by atoms with Crippen molar-refractivity contribution in [1.82, 2.24) is 14.6 Å². The van der Waals surface area contributed by atoms with Crippen LogP contribution < -0.4 is 4.72 Å². The van der Waals surface area contributed by atoms with Crippen molar-refractivity contribution in [1.29, 1.82) is 0 Å². The molecule has 128 valence electrons. The highest BCUT2D eigenvalue weighted by atomic mass is 32.2. The predicted octanol–water partition coefficient (Wildman–Crippen LogP) is 3.38. The van der Waals surface area contributed by atoms with Gasteiger partial charge >= 0.3 is 0 Å². The molecule has 0 fully saturated rings. The number of nitrogens with zero attached hydrogens (tertiary/aromatic N) is 4. The topological polar surface area (TPSA) is 80.7 Å². The van der Waals surface area contributed by atoms with Gasteiger partial charge in [-0.2, -0.15) is 5.10 Å². The lowest BCUT2D eigenvalue weighted by molar-refractivity contribution is 0.587. The van der Waals surface area contributed by atoms with E-state index in [1.807, 2.05) is 0 Å². The Labute approximate surface area is 146 Å². The van der Waals surface area contributed by atoms with Gasteiger partial charge in [0.2, 0.25) is 5.69 Å². The SMILES string of the molecule is [C-]#[N+]c1cnc2ccnn2c1NS(=O)(=O)c1ccc(C(C)(C)C)cc1. The molecule has 25 heavy (non-hydrogen) atoms. The number of sulfonamides is 1. The lowest BCUT2D eigenvalue weighted by Crippen LogP contribution is -2.17. The summed E-state index contributed by atoms with van der Waals surface area (Å²) < 4.78 is 29.2. The standard InChI is InChI=1S/C17H17N5O2S/c1-17(2,3)12-5-7-13(8-6-12)25(23,24)21-16-14(18-4)11-19-15-9-10-20-22(15)16/h5-11,21H,1-3H3.